The molecule has 1 aliphatic heterocycles. The van der Waals surface area contributed by atoms with Crippen LogP contribution in [0.1, 0.15) is 17.3 Å². The van der Waals surface area contributed by atoms with Crippen LogP contribution in [0, 0.1) is 0 Å². The molecule has 0 radical (unpaired) electrons. The minimum Gasteiger partial charge on any atom is -0.486 e. The van der Waals surface area contributed by atoms with Gasteiger partial charge in [-0.15, -0.1) is 0 Å². The predicted octanol–water partition coefficient (Wildman–Crippen LogP) is 2.99. The lowest BCUT2D eigenvalue weighted by Gasteiger charge is -2.19. The summed E-state index contributed by atoms with van der Waals surface area (Å²) in [5.41, 5.74) is 8.44. The van der Waals surface area contributed by atoms with E-state index in [2.05, 4.69) is 5.32 Å². The molecule has 1 heterocycles. The lowest BCUT2D eigenvalue weighted by atomic mass is 10.1. The van der Waals surface area contributed by atoms with Crippen LogP contribution in [0.2, 0.25) is 0 Å². The van der Waals surface area contributed by atoms with Gasteiger partial charge in [-0.05, 0) is 37.3 Å². The van der Waals surface area contributed by atoms with Gasteiger partial charge < -0.3 is 20.5 Å². The zero-order valence-electron chi connectivity index (χ0n) is 11.7. The van der Waals surface area contributed by atoms with E-state index in [1.807, 2.05) is 24.3 Å². The second kappa shape index (κ2) is 5.36. The summed E-state index contributed by atoms with van der Waals surface area (Å²) in [4.78, 5) is 11.5. The van der Waals surface area contributed by atoms with Crippen molar-refractivity contribution in [2.45, 2.75) is 6.92 Å². The summed E-state index contributed by atoms with van der Waals surface area (Å²) < 4.78 is 11.0. The molecule has 3 N–H and O–H groups in total. The van der Waals surface area contributed by atoms with Crippen LogP contribution in [-0.4, -0.2) is 19.0 Å². The van der Waals surface area contributed by atoms with Crippen LogP contribution in [0.3, 0.4) is 0 Å². The molecule has 3 rings (SSSR count). The molecule has 5 heteroatoms. The van der Waals surface area contributed by atoms with E-state index in [1.165, 1.54) is 6.92 Å². The number of nitrogen functional groups attached to an aromatic ring is 1. The van der Waals surface area contributed by atoms with Gasteiger partial charge >= 0.3 is 0 Å². The van der Waals surface area contributed by atoms with E-state index in [-0.39, 0.29) is 5.78 Å². The van der Waals surface area contributed by atoms with Crippen molar-refractivity contribution in [1.82, 2.24) is 0 Å². The van der Waals surface area contributed by atoms with Gasteiger partial charge in [0.1, 0.15) is 13.2 Å². The molecular weight excluding hydrogens is 268 g/mol. The maximum absolute atomic E-state index is 11.5. The first-order valence-electron chi connectivity index (χ1n) is 6.70. The number of anilines is 3. The third-order valence-corrected chi connectivity index (χ3v) is 3.26. The number of fused-ring (bicyclic) bond motifs is 1. The van der Waals surface area contributed by atoms with Crippen molar-refractivity contribution in [3.8, 4) is 11.5 Å². The monoisotopic (exact) mass is 284 g/mol. The minimum atomic E-state index is -0.0571. The van der Waals surface area contributed by atoms with Gasteiger partial charge in [0.15, 0.2) is 17.3 Å². The maximum atomic E-state index is 11.5. The molecule has 0 aliphatic carbocycles. The molecular formula is C16H16N2O3. The zero-order chi connectivity index (χ0) is 14.8. The molecule has 0 bridgehead atoms. The smallest absolute Gasteiger partial charge is 0.163 e. The van der Waals surface area contributed by atoms with Crippen LogP contribution >= 0.6 is 0 Å². The highest BCUT2D eigenvalue weighted by Gasteiger charge is 2.12. The average Bonchev–Trinajstić information content (AvgIpc) is 2.49. The lowest BCUT2D eigenvalue weighted by molar-refractivity contribution is 0.101. The molecule has 1 aliphatic rings. The van der Waals surface area contributed by atoms with Crippen molar-refractivity contribution in [2.24, 2.45) is 0 Å². The van der Waals surface area contributed by atoms with Gasteiger partial charge in [0, 0.05) is 28.7 Å². The molecule has 2 aromatic rings. The number of ether oxygens (including phenoxy) is 2. The van der Waals surface area contributed by atoms with E-state index in [4.69, 9.17) is 15.2 Å². The van der Waals surface area contributed by atoms with Crippen molar-refractivity contribution in [2.75, 3.05) is 24.3 Å². The molecule has 2 aromatic carbocycles. The summed E-state index contributed by atoms with van der Waals surface area (Å²) in [6, 6.07) is 10.9. The third kappa shape index (κ3) is 2.76. The summed E-state index contributed by atoms with van der Waals surface area (Å²) in [7, 11) is 0. The number of hydrogen-bond donors (Lipinski definition) is 2. The molecule has 21 heavy (non-hydrogen) atoms. The molecule has 0 aromatic heterocycles. The Morgan fingerprint density at radius 1 is 1.05 bits per heavy atom. The second-order valence-corrected chi connectivity index (χ2v) is 4.84. The van der Waals surface area contributed by atoms with E-state index in [1.54, 1.807) is 12.1 Å². The Kier molecular flexibility index (Phi) is 3.39. The zero-order valence-corrected chi connectivity index (χ0v) is 11.7. The number of Topliss-reactive ketones (excluding diaryl/α,β-unsaturated/α-hetero) is 1. The molecule has 5 nitrogen and oxygen atoms in total. The van der Waals surface area contributed by atoms with E-state index < -0.39 is 0 Å². The molecule has 0 saturated heterocycles. The van der Waals surface area contributed by atoms with E-state index in [0.29, 0.717) is 30.2 Å². The van der Waals surface area contributed by atoms with Crippen LogP contribution in [0.25, 0.3) is 0 Å². The standard InChI is InChI=1S/C16H16N2O3/c1-10(19)13-8-11(2-4-14(13)17)18-12-3-5-15-16(9-12)21-7-6-20-15/h2-5,8-9,18H,6-7,17H2,1H3. The first kappa shape index (κ1) is 13.3. The van der Waals surface area contributed by atoms with Gasteiger partial charge in [-0.3, -0.25) is 4.79 Å². The topological polar surface area (TPSA) is 73.6 Å². The number of nitrogens with one attached hydrogen (secondary N) is 1. The Balaban J connectivity index is 1.86. The van der Waals surface area contributed by atoms with Crippen LogP contribution in [-0.2, 0) is 0 Å². The van der Waals surface area contributed by atoms with Gasteiger partial charge in [-0.2, -0.15) is 0 Å². The third-order valence-electron chi connectivity index (χ3n) is 3.26. The van der Waals surface area contributed by atoms with Gasteiger partial charge in [0.25, 0.3) is 0 Å². The summed E-state index contributed by atoms with van der Waals surface area (Å²) in [6.45, 7) is 2.62. The number of hydrogen-bond acceptors (Lipinski definition) is 5. The fourth-order valence-electron chi connectivity index (χ4n) is 2.23. The first-order chi connectivity index (χ1) is 10.1. The van der Waals surface area contributed by atoms with Crippen molar-refractivity contribution in [1.29, 1.82) is 0 Å². The van der Waals surface area contributed by atoms with Gasteiger partial charge in [0.05, 0.1) is 0 Å². The van der Waals surface area contributed by atoms with Crippen molar-refractivity contribution < 1.29 is 14.3 Å². The normalized spacial score (nSPS) is 12.8. The number of carbonyl (C=O) groups is 1. The molecule has 108 valence electrons. The Labute approximate surface area is 122 Å². The van der Waals surface area contributed by atoms with Crippen LogP contribution in [0.5, 0.6) is 11.5 Å². The lowest BCUT2D eigenvalue weighted by Crippen LogP contribution is -2.15. The summed E-state index contributed by atoms with van der Waals surface area (Å²) in [6.07, 6.45) is 0. The first-order valence-corrected chi connectivity index (χ1v) is 6.70. The van der Waals surface area contributed by atoms with Crippen LogP contribution in [0.4, 0.5) is 17.1 Å². The number of ketones is 1. The highest BCUT2D eigenvalue weighted by atomic mass is 16.6. The maximum Gasteiger partial charge on any atom is 0.163 e. The highest BCUT2D eigenvalue weighted by Crippen LogP contribution is 2.33. The molecule has 0 fully saturated rings. The van der Waals surface area contributed by atoms with Gasteiger partial charge in [-0.25, -0.2) is 0 Å². The average molecular weight is 284 g/mol. The number of benzene rings is 2. The minimum absolute atomic E-state index is 0.0571. The number of nitrogens with two attached hydrogens (primary N) is 1. The van der Waals surface area contributed by atoms with Crippen molar-refractivity contribution >= 4 is 22.8 Å². The molecule has 0 amide bonds. The Morgan fingerprint density at radius 2 is 1.71 bits per heavy atom. The molecule has 0 spiro atoms. The van der Waals surface area contributed by atoms with Crippen LogP contribution < -0.4 is 20.5 Å². The molecule has 0 saturated carbocycles. The van der Waals surface area contributed by atoms with Gasteiger partial charge in [0.2, 0.25) is 0 Å². The SMILES string of the molecule is CC(=O)c1cc(Nc2ccc3c(c2)OCCO3)ccc1N. The molecule has 0 unspecified atom stereocenters. The fourth-order valence-corrected chi connectivity index (χ4v) is 2.23. The largest absolute Gasteiger partial charge is 0.486 e. The van der Waals surface area contributed by atoms with E-state index in [0.717, 1.165) is 17.1 Å². The van der Waals surface area contributed by atoms with E-state index in [9.17, 15) is 4.79 Å². The van der Waals surface area contributed by atoms with Crippen molar-refractivity contribution in [3.63, 3.8) is 0 Å². The molecule has 0 atom stereocenters. The summed E-state index contributed by atoms with van der Waals surface area (Å²) in [5, 5.41) is 3.23. The Bertz CT molecular complexity index is 698. The summed E-state index contributed by atoms with van der Waals surface area (Å²) in [5.74, 6) is 1.40. The van der Waals surface area contributed by atoms with Crippen LogP contribution in [0.15, 0.2) is 36.4 Å². The number of rotatable bonds is 3. The predicted molar refractivity (Wildman–Crippen MR) is 81.6 cm³/mol. The fraction of sp³-hybridized carbons (Fsp3) is 0.188. The van der Waals surface area contributed by atoms with E-state index >= 15 is 0 Å². The highest BCUT2D eigenvalue weighted by molar-refractivity contribution is 6.00. The second-order valence-electron chi connectivity index (χ2n) is 4.84. The summed E-state index contributed by atoms with van der Waals surface area (Å²) >= 11 is 0. The number of carbonyl (C=O) groups excluding carboxylic acids is 1. The Morgan fingerprint density at radius 3 is 2.48 bits per heavy atom. The van der Waals surface area contributed by atoms with Crippen molar-refractivity contribution in [3.05, 3.63) is 42.0 Å². The van der Waals surface area contributed by atoms with Gasteiger partial charge in [-0.1, -0.05) is 0 Å². The Hall–Kier alpha value is -2.69. The quantitative estimate of drug-likeness (QED) is 0.669.